The van der Waals surface area contributed by atoms with Crippen LogP contribution >= 0.6 is 0 Å². The van der Waals surface area contributed by atoms with Crippen molar-refractivity contribution in [2.75, 3.05) is 39.9 Å². The number of esters is 2. The first-order valence-corrected chi connectivity index (χ1v) is 19.2. The summed E-state index contributed by atoms with van der Waals surface area (Å²) >= 11 is 0. The molecule has 1 spiro atoms. The zero-order valence-corrected chi connectivity index (χ0v) is 31.1. The van der Waals surface area contributed by atoms with Crippen LogP contribution in [-0.4, -0.2) is 94.6 Å². The molecular weight excluding hydrogens is 722 g/mol. The minimum atomic E-state index is -2.06. The number of methoxy groups -OCH3 is 2. The lowest BCUT2D eigenvalue weighted by Gasteiger charge is -2.59. The Morgan fingerprint density at radius 2 is 1.80 bits per heavy atom. The van der Waals surface area contributed by atoms with Crippen molar-refractivity contribution in [1.82, 2.24) is 15.5 Å². The van der Waals surface area contributed by atoms with Crippen molar-refractivity contribution in [2.45, 2.75) is 74.8 Å². The molecule has 286 valence electrons. The normalized spacial score (nSPS) is 30.4. The van der Waals surface area contributed by atoms with Crippen molar-refractivity contribution >= 4 is 22.7 Å². The van der Waals surface area contributed by atoms with E-state index in [9.17, 15) is 24.9 Å². The second-order valence-electron chi connectivity index (χ2n) is 14.7. The van der Waals surface area contributed by atoms with Crippen LogP contribution in [0.15, 0.2) is 18.2 Å². The summed E-state index contributed by atoms with van der Waals surface area (Å²) in [4.78, 5) is 29.3. The number of aryl methyl sites for hydroxylation is 1. The first kappa shape index (κ1) is 35.1. The van der Waals surface area contributed by atoms with Crippen molar-refractivity contribution in [3.8, 4) is 40.2 Å². The van der Waals surface area contributed by atoms with Crippen molar-refractivity contribution in [3.63, 3.8) is 0 Å². The average Bonchev–Trinajstić information content (AvgIpc) is 3.63. The van der Waals surface area contributed by atoms with E-state index in [2.05, 4.69) is 10.6 Å². The number of carbonyl (C=O) groups excluding carboxylic acids is 2. The Morgan fingerprint density at radius 1 is 1.02 bits per heavy atom. The van der Waals surface area contributed by atoms with E-state index in [1.54, 1.807) is 19.1 Å². The van der Waals surface area contributed by atoms with Gasteiger partial charge in [0.1, 0.15) is 18.6 Å². The standard InChI is InChI=1S/C38H41N3O12S/c1-15-8-19-9-21-36(45)41-22-12-50-37(46)38(20-11-24(48-4)23(43)10-18(20)6-7-39-38)13-54(47)35(29(41)28(40-21)25(19)30(44)31(15)49-5)27-26(22)34-33(51-14-52-34)16(2)32(27)53-17(3)42/h8,10-11,21-22,28-29,35-36,39-40,43-45H,6-7,9,12-14H2,1-5H3. The first-order valence-electron chi connectivity index (χ1n) is 17.8. The molecule has 4 bridgehead atoms. The number of hydrogen-bond donors (Lipinski definition) is 5. The Labute approximate surface area is 312 Å². The second-order valence-corrected chi connectivity index (χ2v) is 16.3. The Morgan fingerprint density at radius 3 is 2.54 bits per heavy atom. The third-order valence-corrected chi connectivity index (χ3v) is 13.7. The van der Waals surface area contributed by atoms with Gasteiger partial charge in [-0.1, -0.05) is 6.07 Å². The van der Waals surface area contributed by atoms with Crippen LogP contribution in [0.5, 0.6) is 40.2 Å². The van der Waals surface area contributed by atoms with Gasteiger partial charge in [-0.3, -0.25) is 19.2 Å². The summed E-state index contributed by atoms with van der Waals surface area (Å²) in [5.41, 5.74) is 2.84. The third-order valence-electron chi connectivity index (χ3n) is 11.9. The van der Waals surface area contributed by atoms with E-state index in [-0.39, 0.29) is 42.2 Å². The fourth-order valence-corrected chi connectivity index (χ4v) is 11.9. The molecule has 0 aromatic heterocycles. The molecule has 7 aliphatic heterocycles. The number of carbonyl (C=O) groups is 2. The van der Waals surface area contributed by atoms with E-state index in [0.29, 0.717) is 70.0 Å². The van der Waals surface area contributed by atoms with Gasteiger partial charge in [-0.05, 0) is 61.1 Å². The van der Waals surface area contributed by atoms with Gasteiger partial charge in [0, 0.05) is 46.5 Å². The number of fused-ring (bicyclic) bond motifs is 9. The van der Waals surface area contributed by atoms with Crippen molar-refractivity contribution in [2.24, 2.45) is 0 Å². The molecular formula is C38H41N3O12S. The fraction of sp³-hybridized carbons (Fsp3) is 0.474. The topological polar surface area (TPSA) is 195 Å². The van der Waals surface area contributed by atoms with E-state index in [1.807, 2.05) is 17.9 Å². The maximum Gasteiger partial charge on any atom is 0.332 e. The van der Waals surface area contributed by atoms with Gasteiger partial charge in [-0.2, -0.15) is 0 Å². The first-order chi connectivity index (χ1) is 25.9. The Kier molecular flexibility index (Phi) is 8.10. The maximum absolute atomic E-state index is 15.8. The lowest BCUT2D eigenvalue weighted by molar-refractivity contribution is -0.164. The molecule has 8 unspecified atom stereocenters. The molecule has 2 fully saturated rings. The second kappa shape index (κ2) is 12.5. The van der Waals surface area contributed by atoms with Crippen molar-refractivity contribution in [1.29, 1.82) is 0 Å². The van der Waals surface area contributed by atoms with Crippen LogP contribution < -0.4 is 34.3 Å². The monoisotopic (exact) mass is 763 g/mol. The molecule has 54 heavy (non-hydrogen) atoms. The van der Waals surface area contributed by atoms with Crippen LogP contribution in [0, 0.1) is 13.8 Å². The summed E-state index contributed by atoms with van der Waals surface area (Å²) in [6.07, 6.45) is -0.369. The minimum Gasteiger partial charge on any atom is -0.504 e. The summed E-state index contributed by atoms with van der Waals surface area (Å²) in [7, 11) is 0.834. The summed E-state index contributed by atoms with van der Waals surface area (Å²) < 4.78 is 51.2. The number of phenols is 2. The zero-order chi connectivity index (χ0) is 38.0. The molecule has 10 rings (SSSR count). The third kappa shape index (κ3) is 4.76. The molecule has 16 heteroatoms. The van der Waals surface area contributed by atoms with Gasteiger partial charge in [-0.15, -0.1) is 0 Å². The molecule has 0 aliphatic carbocycles. The molecule has 2 saturated heterocycles. The van der Waals surface area contributed by atoms with Crippen LogP contribution in [0.1, 0.15) is 68.8 Å². The van der Waals surface area contributed by atoms with Crippen LogP contribution in [0.3, 0.4) is 0 Å². The van der Waals surface area contributed by atoms with E-state index in [4.69, 9.17) is 28.4 Å². The van der Waals surface area contributed by atoms with E-state index in [1.165, 1.54) is 21.1 Å². The number of aromatic hydroxyl groups is 2. The van der Waals surface area contributed by atoms with Gasteiger partial charge in [0.05, 0.1) is 49.4 Å². The summed E-state index contributed by atoms with van der Waals surface area (Å²) in [6.45, 7) is 4.74. The molecule has 3 aromatic carbocycles. The van der Waals surface area contributed by atoms with Gasteiger partial charge in [0.15, 0.2) is 40.0 Å². The van der Waals surface area contributed by atoms with E-state index < -0.39 is 63.9 Å². The highest BCUT2D eigenvalue weighted by Crippen LogP contribution is 2.61. The van der Waals surface area contributed by atoms with Gasteiger partial charge in [-0.25, -0.2) is 4.79 Å². The van der Waals surface area contributed by atoms with E-state index >= 15 is 4.21 Å². The number of rotatable bonds is 3. The van der Waals surface area contributed by atoms with Crippen LogP contribution in [0.25, 0.3) is 0 Å². The highest BCUT2D eigenvalue weighted by Gasteiger charge is 2.61. The number of nitrogens with one attached hydrogen (secondary N) is 2. The lowest BCUT2D eigenvalue weighted by atomic mass is 9.74. The number of aliphatic hydroxyl groups excluding tert-OH is 1. The average molecular weight is 764 g/mol. The number of benzene rings is 3. The van der Waals surface area contributed by atoms with Gasteiger partial charge < -0.3 is 49.1 Å². The van der Waals surface area contributed by atoms with Crippen LogP contribution in [0.2, 0.25) is 0 Å². The number of piperazine rings is 1. The molecule has 7 heterocycles. The van der Waals surface area contributed by atoms with Crippen LogP contribution in [0.4, 0.5) is 0 Å². The van der Waals surface area contributed by atoms with E-state index in [0.717, 1.165) is 11.1 Å². The van der Waals surface area contributed by atoms with Gasteiger partial charge in [0.25, 0.3) is 0 Å². The highest BCUT2D eigenvalue weighted by atomic mass is 32.2. The predicted molar refractivity (Wildman–Crippen MR) is 191 cm³/mol. The SMILES string of the molecule is COc1cc2c(cc1O)CCNC21CS(=O)C2c3c(OC(C)=O)c(C)c4c(c3C(COC1=O)N1C(O)C3Cc5cc(C)c(OC)c(O)c5C(N3)C21)OCO4. The Hall–Kier alpha value is -4.61. The maximum atomic E-state index is 15.8. The molecule has 8 atom stereocenters. The van der Waals surface area contributed by atoms with Crippen molar-refractivity contribution < 1.29 is 57.5 Å². The number of aliphatic hydroxyl groups is 1. The molecule has 0 radical (unpaired) electrons. The minimum absolute atomic E-state index is 0.0708. The molecule has 3 aromatic rings. The Balaban J connectivity index is 1.33. The summed E-state index contributed by atoms with van der Waals surface area (Å²) in [5, 5.41) is 40.8. The number of phenolic OH excluding ortho intramolecular Hbond substituents is 2. The Bertz CT molecular complexity index is 2180. The molecule has 15 nitrogen and oxygen atoms in total. The highest BCUT2D eigenvalue weighted by molar-refractivity contribution is 7.85. The lowest BCUT2D eigenvalue weighted by Crippen LogP contribution is -2.70. The smallest absolute Gasteiger partial charge is 0.332 e. The largest absolute Gasteiger partial charge is 0.504 e. The summed E-state index contributed by atoms with van der Waals surface area (Å²) in [6, 6.07) is 2.01. The quantitative estimate of drug-likeness (QED) is 0.192. The van der Waals surface area contributed by atoms with Crippen molar-refractivity contribution in [3.05, 3.63) is 62.7 Å². The molecule has 5 N–H and O–H groups in total. The van der Waals surface area contributed by atoms with Gasteiger partial charge >= 0.3 is 11.9 Å². The fourth-order valence-electron chi connectivity index (χ4n) is 9.80. The molecule has 0 saturated carbocycles. The summed E-state index contributed by atoms with van der Waals surface area (Å²) in [5.74, 6) is -0.552. The number of ether oxygens (including phenoxy) is 6. The molecule has 7 aliphatic rings. The number of hydrogen-bond acceptors (Lipinski definition) is 15. The number of nitrogens with zero attached hydrogens (tertiary/aromatic N) is 1. The predicted octanol–water partition coefficient (Wildman–Crippen LogP) is 2.09. The molecule has 0 amide bonds. The van der Waals surface area contributed by atoms with Crippen LogP contribution in [-0.2, 0) is 43.5 Å². The zero-order valence-electron chi connectivity index (χ0n) is 30.3. The van der Waals surface area contributed by atoms with Gasteiger partial charge in [0.2, 0.25) is 6.79 Å².